The Kier molecular flexibility index (Phi) is 7.49. The second-order valence-electron chi connectivity index (χ2n) is 9.91. The van der Waals surface area contributed by atoms with Crippen LogP contribution in [0.3, 0.4) is 0 Å². The number of nitrogens with one attached hydrogen (secondary N) is 1. The number of primary amides is 1. The van der Waals surface area contributed by atoms with Crippen LogP contribution in [0.2, 0.25) is 0 Å². The largest absolute Gasteiger partial charge is 0.365 e. The van der Waals surface area contributed by atoms with E-state index in [9.17, 15) is 9.59 Å². The number of rotatable bonds is 6. The molecule has 2 aromatic rings. The van der Waals surface area contributed by atoms with Gasteiger partial charge in [-0.3, -0.25) is 14.6 Å². The zero-order chi connectivity index (χ0) is 25.1. The first-order chi connectivity index (χ1) is 16.7. The Balaban J connectivity index is 1.64. The summed E-state index contributed by atoms with van der Waals surface area (Å²) in [7, 11) is 0. The average Bonchev–Trinajstić information content (AvgIpc) is 2.83. The van der Waals surface area contributed by atoms with Crippen LogP contribution in [0.4, 0.5) is 17.5 Å². The maximum absolute atomic E-state index is 12.2. The van der Waals surface area contributed by atoms with E-state index in [1.165, 1.54) is 6.20 Å². The number of hydrogen-bond donors (Lipinski definition) is 3. The number of anilines is 3. The van der Waals surface area contributed by atoms with Crippen molar-refractivity contribution < 1.29 is 9.59 Å². The SMILES string of the molecule is CC(=O)N1CCC(c2cc(Nc3nc(N4CCCC(N)C4)ncc3C(N)=O)cc(C(C)C)n2)CC1. The summed E-state index contributed by atoms with van der Waals surface area (Å²) in [6.45, 7) is 8.77. The predicted octanol–water partition coefficient (Wildman–Crippen LogP) is 2.49. The zero-order valence-corrected chi connectivity index (χ0v) is 20.8. The molecule has 4 rings (SSSR count). The van der Waals surface area contributed by atoms with Crippen LogP contribution in [-0.4, -0.2) is 63.9 Å². The van der Waals surface area contributed by atoms with Gasteiger partial charge in [-0.05, 0) is 43.7 Å². The van der Waals surface area contributed by atoms with Crippen LogP contribution in [0.1, 0.15) is 80.0 Å². The van der Waals surface area contributed by atoms with Crippen molar-refractivity contribution in [2.24, 2.45) is 11.5 Å². The van der Waals surface area contributed by atoms with Crippen molar-refractivity contribution in [2.75, 3.05) is 36.4 Å². The normalized spacial score (nSPS) is 19.2. The molecule has 4 heterocycles. The molecule has 1 unspecified atom stereocenters. The van der Waals surface area contributed by atoms with E-state index in [1.54, 1.807) is 6.92 Å². The highest BCUT2D eigenvalue weighted by molar-refractivity contribution is 5.98. The summed E-state index contributed by atoms with van der Waals surface area (Å²) in [6.07, 6.45) is 5.17. The van der Waals surface area contributed by atoms with Gasteiger partial charge in [0, 0.05) is 68.3 Å². The number of amides is 2. The van der Waals surface area contributed by atoms with Crippen molar-refractivity contribution >= 4 is 29.3 Å². The first-order valence-electron chi connectivity index (χ1n) is 12.4. The molecule has 0 bridgehead atoms. The van der Waals surface area contributed by atoms with Crippen molar-refractivity contribution in [1.29, 1.82) is 0 Å². The van der Waals surface area contributed by atoms with Gasteiger partial charge in [-0.15, -0.1) is 0 Å². The highest BCUT2D eigenvalue weighted by atomic mass is 16.2. The number of piperidine rings is 2. The third kappa shape index (κ3) is 5.87. The maximum atomic E-state index is 12.2. The molecular formula is C25H36N8O2. The molecule has 2 aliphatic heterocycles. The predicted molar refractivity (Wildman–Crippen MR) is 136 cm³/mol. The molecule has 2 amide bonds. The molecule has 0 aromatic carbocycles. The highest BCUT2D eigenvalue weighted by Crippen LogP contribution is 2.32. The summed E-state index contributed by atoms with van der Waals surface area (Å²) in [5.41, 5.74) is 14.8. The van der Waals surface area contributed by atoms with Crippen molar-refractivity contribution in [3.63, 3.8) is 0 Å². The van der Waals surface area contributed by atoms with E-state index in [4.69, 9.17) is 16.5 Å². The maximum Gasteiger partial charge on any atom is 0.254 e. The lowest BCUT2D eigenvalue weighted by Crippen LogP contribution is -2.43. The Labute approximate surface area is 206 Å². The molecule has 35 heavy (non-hydrogen) atoms. The summed E-state index contributed by atoms with van der Waals surface area (Å²) in [4.78, 5) is 41.8. The van der Waals surface area contributed by atoms with Crippen LogP contribution in [0.15, 0.2) is 18.3 Å². The van der Waals surface area contributed by atoms with Crippen LogP contribution >= 0.6 is 0 Å². The van der Waals surface area contributed by atoms with E-state index in [0.717, 1.165) is 62.4 Å². The number of carbonyl (C=O) groups is 2. The fraction of sp³-hybridized carbons (Fsp3) is 0.560. The van der Waals surface area contributed by atoms with Gasteiger partial charge in [0.15, 0.2) is 0 Å². The molecule has 1 atom stereocenters. The lowest BCUT2D eigenvalue weighted by molar-refractivity contribution is -0.129. The minimum absolute atomic E-state index is 0.0744. The summed E-state index contributed by atoms with van der Waals surface area (Å²) in [5.74, 6) is 0.908. The smallest absolute Gasteiger partial charge is 0.254 e. The number of hydrogen-bond acceptors (Lipinski definition) is 8. The Morgan fingerprint density at radius 3 is 2.49 bits per heavy atom. The van der Waals surface area contributed by atoms with Gasteiger partial charge in [0.25, 0.3) is 5.91 Å². The summed E-state index contributed by atoms with van der Waals surface area (Å²) < 4.78 is 0. The van der Waals surface area contributed by atoms with Gasteiger partial charge in [0.2, 0.25) is 11.9 Å². The topological polar surface area (TPSA) is 143 Å². The number of nitrogens with two attached hydrogens (primary N) is 2. The number of nitrogens with zero attached hydrogens (tertiary/aromatic N) is 5. The summed E-state index contributed by atoms with van der Waals surface area (Å²) >= 11 is 0. The third-order valence-corrected chi connectivity index (χ3v) is 6.86. The number of carbonyl (C=O) groups excluding carboxylic acids is 2. The highest BCUT2D eigenvalue weighted by Gasteiger charge is 2.25. The first-order valence-corrected chi connectivity index (χ1v) is 12.4. The number of pyridine rings is 1. The molecule has 2 saturated heterocycles. The first kappa shape index (κ1) is 24.8. The second-order valence-corrected chi connectivity index (χ2v) is 9.91. The molecule has 0 aliphatic carbocycles. The molecule has 10 heteroatoms. The molecule has 10 nitrogen and oxygen atoms in total. The van der Waals surface area contributed by atoms with Crippen LogP contribution in [-0.2, 0) is 4.79 Å². The lowest BCUT2D eigenvalue weighted by atomic mass is 9.92. The fourth-order valence-electron chi connectivity index (χ4n) is 4.77. The second kappa shape index (κ2) is 10.6. The Morgan fingerprint density at radius 2 is 1.86 bits per heavy atom. The van der Waals surface area contributed by atoms with E-state index in [-0.39, 0.29) is 29.3 Å². The van der Waals surface area contributed by atoms with E-state index in [0.29, 0.717) is 18.3 Å². The Morgan fingerprint density at radius 1 is 1.11 bits per heavy atom. The average molecular weight is 481 g/mol. The van der Waals surface area contributed by atoms with Crippen LogP contribution in [0, 0.1) is 0 Å². The Bertz CT molecular complexity index is 1080. The van der Waals surface area contributed by atoms with Gasteiger partial charge in [-0.25, -0.2) is 4.98 Å². The summed E-state index contributed by atoms with van der Waals surface area (Å²) in [6, 6.07) is 4.08. The molecule has 0 spiro atoms. The van der Waals surface area contributed by atoms with E-state index >= 15 is 0 Å². The number of likely N-dealkylation sites (tertiary alicyclic amines) is 1. The zero-order valence-electron chi connectivity index (χ0n) is 20.8. The molecule has 2 aliphatic rings. The van der Waals surface area contributed by atoms with Crippen LogP contribution in [0.25, 0.3) is 0 Å². The van der Waals surface area contributed by atoms with E-state index in [1.807, 2.05) is 21.9 Å². The minimum Gasteiger partial charge on any atom is -0.365 e. The van der Waals surface area contributed by atoms with Gasteiger partial charge in [0.05, 0.1) is 0 Å². The van der Waals surface area contributed by atoms with Crippen LogP contribution < -0.4 is 21.7 Å². The number of aromatic nitrogens is 3. The fourth-order valence-corrected chi connectivity index (χ4v) is 4.77. The van der Waals surface area contributed by atoms with Gasteiger partial charge in [0.1, 0.15) is 11.4 Å². The third-order valence-electron chi connectivity index (χ3n) is 6.86. The van der Waals surface area contributed by atoms with Crippen molar-refractivity contribution in [2.45, 2.75) is 64.3 Å². The van der Waals surface area contributed by atoms with Crippen LogP contribution in [0.5, 0.6) is 0 Å². The Hall–Kier alpha value is -3.27. The van der Waals surface area contributed by atoms with E-state index in [2.05, 4.69) is 29.1 Å². The molecular weight excluding hydrogens is 444 g/mol. The molecule has 2 fully saturated rings. The van der Waals surface area contributed by atoms with Gasteiger partial charge >= 0.3 is 0 Å². The van der Waals surface area contributed by atoms with Crippen molar-refractivity contribution in [3.8, 4) is 0 Å². The summed E-state index contributed by atoms with van der Waals surface area (Å²) in [5, 5.41) is 3.33. The van der Waals surface area contributed by atoms with Gasteiger partial charge in [-0.1, -0.05) is 13.8 Å². The lowest BCUT2D eigenvalue weighted by Gasteiger charge is -2.31. The molecule has 0 saturated carbocycles. The van der Waals surface area contributed by atoms with Crippen molar-refractivity contribution in [3.05, 3.63) is 35.3 Å². The van der Waals surface area contributed by atoms with Gasteiger partial charge < -0.3 is 26.6 Å². The van der Waals surface area contributed by atoms with E-state index < -0.39 is 5.91 Å². The molecule has 5 N–H and O–H groups in total. The standard InChI is InChI=1S/C25H36N8O2/c1-15(2)21-11-19(12-22(30-21)17-6-9-32(10-7-17)16(3)34)29-24-20(23(27)35)13-28-25(31-24)33-8-4-5-18(26)14-33/h11-13,15,17-18H,4-10,14,26H2,1-3H3,(H2,27,35)(H,28,29,30,31). The molecule has 0 radical (unpaired) electrons. The van der Waals surface area contributed by atoms with Gasteiger partial charge in [-0.2, -0.15) is 4.98 Å². The quantitative estimate of drug-likeness (QED) is 0.572. The minimum atomic E-state index is -0.593. The molecule has 2 aromatic heterocycles. The van der Waals surface area contributed by atoms with Crippen molar-refractivity contribution in [1.82, 2.24) is 19.9 Å². The monoisotopic (exact) mass is 480 g/mol. The molecule has 188 valence electrons.